The maximum absolute atomic E-state index is 13.0. The van der Waals surface area contributed by atoms with Gasteiger partial charge < -0.3 is 19.7 Å². The lowest BCUT2D eigenvalue weighted by molar-refractivity contribution is 0.0949. The molecule has 3 heterocycles. The SMILES string of the molecule is CCN1C(=O)c2cccnc2Sc2cc(C(=O)NCc3ccc4c(c3)OCO4)ccc21. The van der Waals surface area contributed by atoms with Gasteiger partial charge in [-0.25, -0.2) is 4.98 Å². The molecule has 31 heavy (non-hydrogen) atoms. The van der Waals surface area contributed by atoms with Crippen molar-refractivity contribution in [1.29, 1.82) is 0 Å². The average molecular weight is 433 g/mol. The number of hydrogen-bond acceptors (Lipinski definition) is 6. The lowest BCUT2D eigenvalue weighted by Gasteiger charge is -2.21. The summed E-state index contributed by atoms with van der Waals surface area (Å²) in [6.45, 7) is 3.03. The van der Waals surface area contributed by atoms with Gasteiger partial charge in [0, 0.05) is 29.7 Å². The zero-order valence-corrected chi connectivity index (χ0v) is 17.6. The molecule has 0 saturated carbocycles. The Kier molecular flexibility index (Phi) is 4.99. The normalized spacial score (nSPS) is 14.0. The van der Waals surface area contributed by atoms with Gasteiger partial charge in [0.2, 0.25) is 6.79 Å². The summed E-state index contributed by atoms with van der Waals surface area (Å²) < 4.78 is 10.7. The number of nitrogens with one attached hydrogen (secondary N) is 1. The highest BCUT2D eigenvalue weighted by Crippen LogP contribution is 2.40. The molecule has 1 N–H and O–H groups in total. The largest absolute Gasteiger partial charge is 0.454 e. The molecule has 0 spiro atoms. The lowest BCUT2D eigenvalue weighted by Crippen LogP contribution is -2.30. The van der Waals surface area contributed by atoms with Gasteiger partial charge in [-0.1, -0.05) is 17.8 Å². The van der Waals surface area contributed by atoms with E-state index in [1.807, 2.05) is 37.3 Å². The number of carbonyl (C=O) groups excluding carboxylic acids is 2. The van der Waals surface area contributed by atoms with Crippen molar-refractivity contribution >= 4 is 29.3 Å². The number of hydrogen-bond donors (Lipinski definition) is 1. The van der Waals surface area contributed by atoms with Crippen molar-refractivity contribution in [3.05, 3.63) is 71.4 Å². The van der Waals surface area contributed by atoms with Crippen LogP contribution in [0, 0.1) is 0 Å². The zero-order valence-electron chi connectivity index (χ0n) is 16.8. The summed E-state index contributed by atoms with van der Waals surface area (Å²) >= 11 is 1.40. The van der Waals surface area contributed by atoms with Crippen LogP contribution in [0.25, 0.3) is 0 Å². The minimum absolute atomic E-state index is 0.0862. The predicted octanol–water partition coefficient (Wildman–Crippen LogP) is 3.87. The summed E-state index contributed by atoms with van der Waals surface area (Å²) in [5.41, 5.74) is 2.79. The number of nitrogens with zero attached hydrogens (tertiary/aromatic N) is 2. The number of ether oxygens (including phenoxy) is 2. The predicted molar refractivity (Wildman–Crippen MR) is 116 cm³/mol. The molecular weight excluding hydrogens is 414 g/mol. The Bertz CT molecular complexity index is 1200. The summed E-state index contributed by atoms with van der Waals surface area (Å²) in [5, 5.41) is 3.58. The second-order valence-corrected chi connectivity index (χ2v) is 8.09. The minimum Gasteiger partial charge on any atom is -0.454 e. The van der Waals surface area contributed by atoms with Crippen molar-refractivity contribution in [2.45, 2.75) is 23.4 Å². The molecule has 156 valence electrons. The molecule has 0 radical (unpaired) electrons. The first-order valence-electron chi connectivity index (χ1n) is 9.89. The molecule has 2 amide bonds. The van der Waals surface area contributed by atoms with E-state index < -0.39 is 0 Å². The van der Waals surface area contributed by atoms with E-state index in [-0.39, 0.29) is 18.6 Å². The first-order chi connectivity index (χ1) is 15.1. The van der Waals surface area contributed by atoms with E-state index in [9.17, 15) is 9.59 Å². The van der Waals surface area contributed by atoms with Gasteiger partial charge in [-0.2, -0.15) is 0 Å². The Morgan fingerprint density at radius 2 is 2.03 bits per heavy atom. The molecule has 0 aliphatic carbocycles. The Hall–Kier alpha value is -3.52. The van der Waals surface area contributed by atoms with E-state index in [0.717, 1.165) is 16.1 Å². The van der Waals surface area contributed by atoms with Crippen LogP contribution in [0.3, 0.4) is 0 Å². The van der Waals surface area contributed by atoms with Gasteiger partial charge in [-0.15, -0.1) is 0 Å². The van der Waals surface area contributed by atoms with Crippen molar-refractivity contribution in [3.8, 4) is 11.5 Å². The summed E-state index contributed by atoms with van der Waals surface area (Å²) in [4.78, 5) is 32.7. The maximum Gasteiger partial charge on any atom is 0.261 e. The number of pyridine rings is 1. The second kappa shape index (κ2) is 7.96. The number of carbonyl (C=O) groups is 2. The third kappa shape index (κ3) is 3.59. The molecule has 8 heteroatoms. The fourth-order valence-electron chi connectivity index (χ4n) is 3.60. The van der Waals surface area contributed by atoms with Gasteiger partial charge in [-0.3, -0.25) is 9.59 Å². The van der Waals surface area contributed by atoms with Crippen LogP contribution in [-0.2, 0) is 6.54 Å². The van der Waals surface area contributed by atoms with Crippen LogP contribution in [0.1, 0.15) is 33.2 Å². The molecule has 2 aromatic carbocycles. The number of anilines is 1. The third-order valence-electron chi connectivity index (χ3n) is 5.17. The highest BCUT2D eigenvalue weighted by atomic mass is 32.2. The van der Waals surface area contributed by atoms with Gasteiger partial charge in [-0.05, 0) is 55.0 Å². The number of amides is 2. The molecule has 7 nitrogen and oxygen atoms in total. The topological polar surface area (TPSA) is 80.8 Å². The fraction of sp³-hybridized carbons (Fsp3) is 0.174. The van der Waals surface area contributed by atoms with Gasteiger partial charge in [0.1, 0.15) is 5.03 Å². The van der Waals surface area contributed by atoms with E-state index in [4.69, 9.17) is 9.47 Å². The van der Waals surface area contributed by atoms with Crippen LogP contribution in [-0.4, -0.2) is 30.1 Å². The van der Waals surface area contributed by atoms with E-state index in [1.54, 1.807) is 29.3 Å². The highest BCUT2D eigenvalue weighted by Gasteiger charge is 2.27. The van der Waals surface area contributed by atoms with Crippen molar-refractivity contribution in [2.75, 3.05) is 18.2 Å². The monoisotopic (exact) mass is 433 g/mol. The summed E-state index contributed by atoms with van der Waals surface area (Å²) in [6.07, 6.45) is 1.67. The maximum atomic E-state index is 13.0. The van der Waals surface area contributed by atoms with Crippen molar-refractivity contribution < 1.29 is 19.1 Å². The first-order valence-corrected chi connectivity index (χ1v) is 10.7. The van der Waals surface area contributed by atoms with E-state index in [0.29, 0.717) is 40.7 Å². The van der Waals surface area contributed by atoms with Crippen molar-refractivity contribution in [2.24, 2.45) is 0 Å². The molecule has 0 bridgehead atoms. The second-order valence-electron chi connectivity index (χ2n) is 7.06. The van der Waals surface area contributed by atoms with E-state index in [2.05, 4.69) is 10.3 Å². The summed E-state index contributed by atoms with van der Waals surface area (Å²) in [5.74, 6) is 1.11. The molecule has 1 aromatic heterocycles. The lowest BCUT2D eigenvalue weighted by atomic mass is 10.1. The molecule has 2 aliphatic heterocycles. The first kappa shape index (κ1) is 19.4. The Balaban J connectivity index is 1.39. The van der Waals surface area contributed by atoms with E-state index in [1.165, 1.54) is 11.8 Å². The Labute approximate surface area is 183 Å². The molecule has 2 aliphatic rings. The van der Waals surface area contributed by atoms with Crippen LogP contribution >= 0.6 is 11.8 Å². The molecule has 0 atom stereocenters. The van der Waals surface area contributed by atoms with Crippen LogP contribution < -0.4 is 19.7 Å². The third-order valence-corrected chi connectivity index (χ3v) is 6.24. The van der Waals surface area contributed by atoms with Crippen LogP contribution in [0.4, 0.5) is 5.69 Å². The zero-order chi connectivity index (χ0) is 21.4. The fourth-order valence-corrected chi connectivity index (χ4v) is 4.66. The quantitative estimate of drug-likeness (QED) is 0.673. The van der Waals surface area contributed by atoms with Gasteiger partial charge in [0.15, 0.2) is 11.5 Å². The summed E-state index contributed by atoms with van der Waals surface area (Å²) in [7, 11) is 0. The summed E-state index contributed by atoms with van der Waals surface area (Å²) in [6, 6.07) is 14.5. The molecule has 5 rings (SSSR count). The highest BCUT2D eigenvalue weighted by molar-refractivity contribution is 7.99. The van der Waals surface area contributed by atoms with E-state index >= 15 is 0 Å². The van der Waals surface area contributed by atoms with Gasteiger partial charge in [0.05, 0.1) is 11.3 Å². The molecule has 0 unspecified atom stereocenters. The molecule has 0 saturated heterocycles. The van der Waals surface area contributed by atoms with Gasteiger partial charge in [0.25, 0.3) is 11.8 Å². The Morgan fingerprint density at radius 1 is 1.16 bits per heavy atom. The average Bonchev–Trinajstić information content (AvgIpc) is 3.22. The van der Waals surface area contributed by atoms with Crippen molar-refractivity contribution in [1.82, 2.24) is 10.3 Å². The van der Waals surface area contributed by atoms with Crippen LogP contribution in [0.15, 0.2) is 64.6 Å². The standard InChI is InChI=1S/C23H19N3O4S/c1-2-26-17-7-6-15(11-20(17)31-22-16(23(26)28)4-3-9-24-22)21(27)25-12-14-5-8-18-19(10-14)30-13-29-18/h3-11H,2,12-13H2,1H3,(H,25,27). The Morgan fingerprint density at radius 3 is 2.90 bits per heavy atom. The molecule has 3 aromatic rings. The number of fused-ring (bicyclic) bond motifs is 3. The van der Waals surface area contributed by atoms with Crippen molar-refractivity contribution in [3.63, 3.8) is 0 Å². The number of aromatic nitrogens is 1. The van der Waals surface area contributed by atoms with Gasteiger partial charge >= 0.3 is 0 Å². The smallest absolute Gasteiger partial charge is 0.261 e. The molecular formula is C23H19N3O4S. The minimum atomic E-state index is -0.194. The number of rotatable bonds is 4. The molecule has 0 fully saturated rings. The van der Waals surface area contributed by atoms with Crippen LogP contribution in [0.5, 0.6) is 11.5 Å². The van der Waals surface area contributed by atoms with Crippen LogP contribution in [0.2, 0.25) is 0 Å². The number of benzene rings is 2.